The third-order valence-electron chi connectivity index (χ3n) is 5.82. The molecule has 2 heterocycles. The average Bonchev–Trinajstić information content (AvgIpc) is 3.41. The first-order chi connectivity index (χ1) is 18.2. The fourth-order valence-corrected chi connectivity index (χ4v) is 4.09. The quantitative estimate of drug-likeness (QED) is 0.305. The minimum absolute atomic E-state index is 0.308. The zero-order chi connectivity index (χ0) is 25.0. The number of carbonyl (C=O) groups is 1. The lowest BCUT2D eigenvalue weighted by Gasteiger charge is -2.12. The van der Waals surface area contributed by atoms with Gasteiger partial charge in [0.15, 0.2) is 0 Å². The lowest BCUT2D eigenvalue weighted by molar-refractivity contribution is 0.262. The molecule has 8 heteroatoms. The molecule has 2 aromatic heterocycles. The van der Waals surface area contributed by atoms with E-state index in [2.05, 4.69) is 20.8 Å². The van der Waals surface area contributed by atoms with Crippen molar-refractivity contribution in [3.63, 3.8) is 0 Å². The normalized spacial score (nSPS) is 10.8. The van der Waals surface area contributed by atoms with Gasteiger partial charge in [0.1, 0.15) is 6.33 Å². The van der Waals surface area contributed by atoms with Gasteiger partial charge in [0.05, 0.1) is 28.1 Å². The van der Waals surface area contributed by atoms with Gasteiger partial charge in [-0.15, -0.1) is 10.2 Å². The molecule has 6 aromatic rings. The first-order valence-corrected chi connectivity index (χ1v) is 11.7. The smallest absolute Gasteiger partial charge is 0.308 e. The van der Waals surface area contributed by atoms with E-state index in [4.69, 9.17) is 9.97 Å². The number of hydrogen-bond acceptors (Lipinski definition) is 5. The van der Waals surface area contributed by atoms with E-state index in [-0.39, 0.29) is 0 Å². The summed E-state index contributed by atoms with van der Waals surface area (Å²) >= 11 is 0. The predicted molar refractivity (Wildman–Crippen MR) is 144 cm³/mol. The van der Waals surface area contributed by atoms with E-state index in [0.29, 0.717) is 17.2 Å². The maximum atomic E-state index is 12.8. The number of aromatic nitrogens is 5. The molecule has 0 saturated heterocycles. The molecular formula is C29H21N7O. The van der Waals surface area contributed by atoms with Crippen LogP contribution in [0.5, 0.6) is 0 Å². The van der Waals surface area contributed by atoms with E-state index in [1.165, 1.54) is 0 Å². The Morgan fingerprint density at radius 2 is 1.24 bits per heavy atom. The third-order valence-corrected chi connectivity index (χ3v) is 5.82. The van der Waals surface area contributed by atoms with Gasteiger partial charge in [-0.1, -0.05) is 78.9 Å². The minimum Gasteiger partial charge on any atom is -0.308 e. The van der Waals surface area contributed by atoms with Gasteiger partial charge in [-0.25, -0.2) is 14.8 Å². The number of benzene rings is 4. The van der Waals surface area contributed by atoms with Crippen LogP contribution in [0.2, 0.25) is 0 Å². The molecule has 0 aliphatic rings. The number of fused-ring (bicyclic) bond motifs is 1. The molecule has 0 bridgehead atoms. The number of amides is 2. The van der Waals surface area contributed by atoms with Crippen molar-refractivity contribution in [2.75, 3.05) is 10.6 Å². The van der Waals surface area contributed by atoms with Crippen molar-refractivity contribution in [1.29, 1.82) is 0 Å². The molecule has 2 amide bonds. The summed E-state index contributed by atoms with van der Waals surface area (Å²) in [6, 6.07) is 34.5. The van der Waals surface area contributed by atoms with Gasteiger partial charge >= 0.3 is 6.03 Å². The second kappa shape index (κ2) is 9.71. The van der Waals surface area contributed by atoms with E-state index >= 15 is 0 Å². The summed E-state index contributed by atoms with van der Waals surface area (Å²) in [4.78, 5) is 22.7. The SMILES string of the molecule is O=C(Nc1ccc2nc(-c3ccccc3)c(-c3ccccc3)nc2c1)Nc1nncn1-c1ccccc1. The van der Waals surface area contributed by atoms with Crippen molar-refractivity contribution in [3.8, 4) is 28.2 Å². The van der Waals surface area contributed by atoms with Crippen molar-refractivity contribution >= 4 is 28.7 Å². The van der Waals surface area contributed by atoms with Crippen LogP contribution in [0, 0.1) is 0 Å². The second-order valence-corrected chi connectivity index (χ2v) is 8.30. The Kier molecular flexibility index (Phi) is 5.80. The van der Waals surface area contributed by atoms with Crippen LogP contribution in [-0.2, 0) is 0 Å². The van der Waals surface area contributed by atoms with Crippen molar-refractivity contribution < 1.29 is 4.79 Å². The topological polar surface area (TPSA) is 97.6 Å². The highest BCUT2D eigenvalue weighted by atomic mass is 16.2. The van der Waals surface area contributed by atoms with Gasteiger partial charge in [0.2, 0.25) is 5.95 Å². The van der Waals surface area contributed by atoms with Crippen LogP contribution < -0.4 is 10.6 Å². The van der Waals surface area contributed by atoms with Crippen LogP contribution in [0.15, 0.2) is 116 Å². The summed E-state index contributed by atoms with van der Waals surface area (Å²) in [5, 5.41) is 13.6. The number of nitrogens with zero attached hydrogens (tertiary/aromatic N) is 5. The summed E-state index contributed by atoms with van der Waals surface area (Å²) < 4.78 is 1.70. The van der Waals surface area contributed by atoms with Crippen molar-refractivity contribution in [1.82, 2.24) is 24.7 Å². The summed E-state index contributed by atoms with van der Waals surface area (Å²) in [6.45, 7) is 0. The summed E-state index contributed by atoms with van der Waals surface area (Å²) in [5.41, 5.74) is 6.35. The fourth-order valence-electron chi connectivity index (χ4n) is 4.09. The van der Waals surface area contributed by atoms with Gasteiger partial charge < -0.3 is 5.32 Å². The number of urea groups is 1. The fraction of sp³-hybridized carbons (Fsp3) is 0. The van der Waals surface area contributed by atoms with E-state index in [9.17, 15) is 4.79 Å². The van der Waals surface area contributed by atoms with Crippen LogP contribution in [0.4, 0.5) is 16.4 Å². The second-order valence-electron chi connectivity index (χ2n) is 8.30. The monoisotopic (exact) mass is 483 g/mol. The summed E-state index contributed by atoms with van der Waals surface area (Å²) in [7, 11) is 0. The Morgan fingerprint density at radius 1 is 0.649 bits per heavy atom. The molecule has 0 spiro atoms. The zero-order valence-corrected chi connectivity index (χ0v) is 19.6. The van der Waals surface area contributed by atoms with Crippen LogP contribution in [0.3, 0.4) is 0 Å². The van der Waals surface area contributed by atoms with E-state index < -0.39 is 6.03 Å². The number of nitrogens with one attached hydrogen (secondary N) is 2. The summed E-state index contributed by atoms with van der Waals surface area (Å²) in [5.74, 6) is 0.308. The molecule has 0 aliphatic carbocycles. The molecular weight excluding hydrogens is 462 g/mol. The van der Waals surface area contributed by atoms with E-state index in [1.807, 2.05) is 103 Å². The maximum Gasteiger partial charge on any atom is 0.326 e. The Balaban J connectivity index is 1.31. The van der Waals surface area contributed by atoms with Crippen molar-refractivity contribution in [2.45, 2.75) is 0 Å². The van der Waals surface area contributed by atoms with Gasteiger partial charge in [-0.3, -0.25) is 9.88 Å². The van der Waals surface area contributed by atoms with Gasteiger partial charge in [0, 0.05) is 16.8 Å². The van der Waals surface area contributed by atoms with Gasteiger partial charge in [0.25, 0.3) is 0 Å². The standard InChI is InChI=1S/C29H21N7O/c37-29(34-28-35-30-19-36(28)23-14-8-3-9-15-23)31-22-16-17-24-25(18-22)33-27(21-12-6-2-7-13-21)26(32-24)20-10-4-1-5-11-20/h1-19H,(H2,31,34,35,37). The molecule has 0 radical (unpaired) electrons. The molecule has 4 aromatic carbocycles. The number of para-hydroxylation sites is 1. The molecule has 0 aliphatic heterocycles. The van der Waals surface area contributed by atoms with Gasteiger partial charge in [-0.2, -0.15) is 0 Å². The molecule has 2 N–H and O–H groups in total. The molecule has 8 nitrogen and oxygen atoms in total. The van der Waals surface area contributed by atoms with E-state index in [1.54, 1.807) is 17.0 Å². The molecule has 178 valence electrons. The Hall–Kier alpha value is -5.37. The van der Waals surface area contributed by atoms with Gasteiger partial charge in [-0.05, 0) is 30.3 Å². The first-order valence-electron chi connectivity index (χ1n) is 11.7. The van der Waals surface area contributed by atoms with Crippen LogP contribution in [-0.4, -0.2) is 30.8 Å². The Bertz CT molecular complexity index is 1680. The molecule has 0 unspecified atom stereocenters. The number of anilines is 2. The summed E-state index contributed by atoms with van der Waals surface area (Å²) in [6.07, 6.45) is 1.55. The molecule has 0 saturated carbocycles. The minimum atomic E-state index is -0.443. The highest BCUT2D eigenvalue weighted by Gasteiger charge is 2.15. The molecule has 6 rings (SSSR count). The molecule has 0 atom stereocenters. The number of carbonyl (C=O) groups excluding carboxylic acids is 1. The van der Waals surface area contributed by atoms with Crippen LogP contribution >= 0.6 is 0 Å². The predicted octanol–water partition coefficient (Wildman–Crippen LogP) is 6.19. The van der Waals surface area contributed by atoms with Crippen molar-refractivity contribution in [3.05, 3.63) is 116 Å². The first kappa shape index (κ1) is 22.1. The van der Waals surface area contributed by atoms with E-state index in [0.717, 1.165) is 33.7 Å². The van der Waals surface area contributed by atoms with Crippen LogP contribution in [0.1, 0.15) is 0 Å². The number of hydrogen-bond donors (Lipinski definition) is 2. The lowest BCUT2D eigenvalue weighted by atomic mass is 10.0. The Labute approximate surface area is 212 Å². The lowest BCUT2D eigenvalue weighted by Crippen LogP contribution is -2.21. The van der Waals surface area contributed by atoms with Crippen LogP contribution in [0.25, 0.3) is 39.2 Å². The highest BCUT2D eigenvalue weighted by Crippen LogP contribution is 2.31. The largest absolute Gasteiger partial charge is 0.326 e. The Morgan fingerprint density at radius 3 is 1.89 bits per heavy atom. The third kappa shape index (κ3) is 4.63. The number of rotatable bonds is 5. The zero-order valence-electron chi connectivity index (χ0n) is 19.6. The maximum absolute atomic E-state index is 12.8. The molecule has 0 fully saturated rings. The average molecular weight is 484 g/mol. The van der Waals surface area contributed by atoms with Crippen molar-refractivity contribution in [2.24, 2.45) is 0 Å². The highest BCUT2D eigenvalue weighted by molar-refractivity contribution is 6.00. The molecule has 37 heavy (non-hydrogen) atoms.